The molecule has 0 aromatic carbocycles. The summed E-state index contributed by atoms with van der Waals surface area (Å²) < 4.78 is 0. The van der Waals surface area contributed by atoms with Crippen LogP contribution in [0.15, 0.2) is 0 Å². The lowest BCUT2D eigenvalue weighted by molar-refractivity contribution is -0.136. The first-order valence-electron chi connectivity index (χ1n) is 4.68. The number of nitrogens with zero attached hydrogens (tertiary/aromatic N) is 2. The van der Waals surface area contributed by atoms with E-state index in [-0.39, 0.29) is 5.91 Å². The quantitative estimate of drug-likeness (QED) is 0.612. The van der Waals surface area contributed by atoms with Crippen LogP contribution < -0.4 is 0 Å². The van der Waals surface area contributed by atoms with E-state index < -0.39 is 5.41 Å². The summed E-state index contributed by atoms with van der Waals surface area (Å²) in [5, 5.41) is 8.79. The highest BCUT2D eigenvalue weighted by Crippen LogP contribution is 2.23. The maximum absolute atomic E-state index is 11.7. The zero-order chi connectivity index (χ0) is 10.1. The Hall–Kier alpha value is -1.04. The molecule has 0 aromatic heterocycles. The molecule has 1 fully saturated rings. The van der Waals surface area contributed by atoms with Crippen molar-refractivity contribution >= 4 is 5.91 Å². The maximum Gasteiger partial charge on any atom is 0.242 e. The average Bonchev–Trinajstić information content (AvgIpc) is 2.50. The molecule has 1 rings (SSSR count). The zero-order valence-corrected chi connectivity index (χ0v) is 8.50. The van der Waals surface area contributed by atoms with Gasteiger partial charge in [0.2, 0.25) is 5.91 Å². The number of carbonyl (C=O) groups is 1. The van der Waals surface area contributed by atoms with Crippen LogP contribution in [0.2, 0.25) is 0 Å². The van der Waals surface area contributed by atoms with E-state index in [1.807, 2.05) is 6.07 Å². The predicted octanol–water partition coefficient (Wildman–Crippen LogP) is 1.40. The van der Waals surface area contributed by atoms with Gasteiger partial charge < -0.3 is 4.90 Å². The Kier molecular flexibility index (Phi) is 2.60. The summed E-state index contributed by atoms with van der Waals surface area (Å²) in [4.78, 5) is 13.5. The van der Waals surface area contributed by atoms with E-state index in [0.29, 0.717) is 5.92 Å². The van der Waals surface area contributed by atoms with Crippen LogP contribution in [0, 0.1) is 22.7 Å². The second-order valence-electron chi connectivity index (χ2n) is 4.38. The van der Waals surface area contributed by atoms with Gasteiger partial charge in [0.05, 0.1) is 6.07 Å². The molecule has 13 heavy (non-hydrogen) atoms. The van der Waals surface area contributed by atoms with Gasteiger partial charge in [0, 0.05) is 13.1 Å². The molecular weight excluding hydrogens is 164 g/mol. The molecule has 3 nitrogen and oxygen atoms in total. The summed E-state index contributed by atoms with van der Waals surface area (Å²) in [5.41, 5.74) is -0.857. The number of rotatable bonds is 1. The van der Waals surface area contributed by atoms with Crippen molar-refractivity contribution < 1.29 is 4.79 Å². The van der Waals surface area contributed by atoms with Crippen LogP contribution in [-0.4, -0.2) is 23.9 Å². The lowest BCUT2D eigenvalue weighted by Gasteiger charge is -2.23. The van der Waals surface area contributed by atoms with Crippen LogP contribution in [0.1, 0.15) is 27.2 Å². The van der Waals surface area contributed by atoms with Crippen LogP contribution in [0.3, 0.4) is 0 Å². The molecule has 0 bridgehead atoms. The number of carbonyl (C=O) groups excluding carboxylic acids is 1. The fourth-order valence-corrected chi connectivity index (χ4v) is 1.56. The van der Waals surface area contributed by atoms with Gasteiger partial charge in [-0.15, -0.1) is 0 Å². The Balaban J connectivity index is 2.65. The first-order chi connectivity index (χ1) is 5.97. The Morgan fingerprint density at radius 2 is 2.23 bits per heavy atom. The molecule has 0 N–H and O–H groups in total. The van der Waals surface area contributed by atoms with Gasteiger partial charge in [-0.1, -0.05) is 6.92 Å². The summed E-state index contributed by atoms with van der Waals surface area (Å²) in [6, 6.07) is 2.04. The molecule has 72 valence electrons. The lowest BCUT2D eigenvalue weighted by atomic mass is 9.94. The number of likely N-dealkylation sites (tertiary alicyclic amines) is 1. The van der Waals surface area contributed by atoms with Crippen LogP contribution >= 0.6 is 0 Å². The number of hydrogen-bond acceptors (Lipinski definition) is 2. The molecule has 0 saturated carbocycles. The molecule has 3 heteroatoms. The van der Waals surface area contributed by atoms with Gasteiger partial charge in [-0.25, -0.2) is 0 Å². The van der Waals surface area contributed by atoms with E-state index in [4.69, 9.17) is 5.26 Å². The second kappa shape index (κ2) is 3.37. The van der Waals surface area contributed by atoms with Gasteiger partial charge in [0.1, 0.15) is 5.41 Å². The van der Waals surface area contributed by atoms with E-state index in [0.717, 1.165) is 19.5 Å². The Labute approximate surface area is 79.3 Å². The van der Waals surface area contributed by atoms with E-state index in [2.05, 4.69) is 6.92 Å². The summed E-state index contributed by atoms with van der Waals surface area (Å²) >= 11 is 0. The Morgan fingerprint density at radius 3 is 2.62 bits per heavy atom. The molecule has 0 aromatic rings. The van der Waals surface area contributed by atoms with E-state index in [9.17, 15) is 4.79 Å². The normalized spacial score (nSPS) is 22.9. The lowest BCUT2D eigenvalue weighted by Crippen LogP contribution is -2.38. The average molecular weight is 180 g/mol. The van der Waals surface area contributed by atoms with Gasteiger partial charge in [-0.05, 0) is 26.2 Å². The van der Waals surface area contributed by atoms with E-state index >= 15 is 0 Å². The Morgan fingerprint density at radius 1 is 1.62 bits per heavy atom. The largest absolute Gasteiger partial charge is 0.341 e. The molecular formula is C10H16N2O. The number of amides is 1. The fraction of sp³-hybridized carbons (Fsp3) is 0.800. The molecule has 1 heterocycles. The zero-order valence-electron chi connectivity index (χ0n) is 8.50. The van der Waals surface area contributed by atoms with Crippen molar-refractivity contribution in [2.45, 2.75) is 27.2 Å². The third-order valence-corrected chi connectivity index (χ3v) is 2.53. The molecule has 0 spiro atoms. The SMILES string of the molecule is CC1CCN(C(=O)C(C)(C)C#N)C1. The van der Waals surface area contributed by atoms with Crippen molar-refractivity contribution in [3.63, 3.8) is 0 Å². The molecule has 1 unspecified atom stereocenters. The van der Waals surface area contributed by atoms with Gasteiger partial charge in [0.15, 0.2) is 0 Å². The van der Waals surface area contributed by atoms with Crippen molar-refractivity contribution in [1.82, 2.24) is 4.90 Å². The number of hydrogen-bond donors (Lipinski definition) is 0. The minimum atomic E-state index is -0.857. The second-order valence-corrected chi connectivity index (χ2v) is 4.38. The molecule has 1 aliphatic rings. The van der Waals surface area contributed by atoms with Gasteiger partial charge >= 0.3 is 0 Å². The third-order valence-electron chi connectivity index (χ3n) is 2.53. The van der Waals surface area contributed by atoms with Crippen molar-refractivity contribution in [2.75, 3.05) is 13.1 Å². The molecule has 1 aliphatic heterocycles. The highest BCUT2D eigenvalue weighted by atomic mass is 16.2. The van der Waals surface area contributed by atoms with E-state index in [1.165, 1.54) is 0 Å². The third kappa shape index (κ3) is 2.00. The highest BCUT2D eigenvalue weighted by molar-refractivity contribution is 5.84. The molecule has 1 amide bonds. The summed E-state index contributed by atoms with van der Waals surface area (Å²) in [6.07, 6.45) is 1.06. The number of nitriles is 1. The minimum absolute atomic E-state index is 0.0284. The topological polar surface area (TPSA) is 44.1 Å². The highest BCUT2D eigenvalue weighted by Gasteiger charge is 2.34. The molecule has 1 atom stereocenters. The smallest absolute Gasteiger partial charge is 0.242 e. The predicted molar refractivity (Wildman–Crippen MR) is 49.8 cm³/mol. The van der Waals surface area contributed by atoms with Crippen LogP contribution in [0.5, 0.6) is 0 Å². The van der Waals surface area contributed by atoms with Crippen LogP contribution in [0.25, 0.3) is 0 Å². The van der Waals surface area contributed by atoms with Gasteiger partial charge in [-0.3, -0.25) is 4.79 Å². The minimum Gasteiger partial charge on any atom is -0.341 e. The van der Waals surface area contributed by atoms with Crippen LogP contribution in [-0.2, 0) is 4.79 Å². The first kappa shape index (κ1) is 10.0. The van der Waals surface area contributed by atoms with Gasteiger partial charge in [0.25, 0.3) is 0 Å². The summed E-state index contributed by atoms with van der Waals surface area (Å²) in [6.45, 7) is 7.11. The summed E-state index contributed by atoms with van der Waals surface area (Å²) in [7, 11) is 0. The standard InChI is InChI=1S/C10H16N2O/c1-8-4-5-12(6-8)9(13)10(2,3)7-11/h8H,4-6H2,1-3H3. The molecule has 1 saturated heterocycles. The van der Waals surface area contributed by atoms with Crippen molar-refractivity contribution in [3.8, 4) is 6.07 Å². The van der Waals surface area contributed by atoms with Crippen molar-refractivity contribution in [1.29, 1.82) is 5.26 Å². The van der Waals surface area contributed by atoms with Crippen LogP contribution in [0.4, 0.5) is 0 Å². The molecule has 0 aliphatic carbocycles. The first-order valence-corrected chi connectivity index (χ1v) is 4.68. The monoisotopic (exact) mass is 180 g/mol. The Bertz CT molecular complexity index is 252. The maximum atomic E-state index is 11.7. The van der Waals surface area contributed by atoms with E-state index in [1.54, 1.807) is 18.7 Å². The molecule has 0 radical (unpaired) electrons. The van der Waals surface area contributed by atoms with Crippen molar-refractivity contribution in [3.05, 3.63) is 0 Å². The fourth-order valence-electron chi connectivity index (χ4n) is 1.56. The van der Waals surface area contributed by atoms with Gasteiger partial charge in [-0.2, -0.15) is 5.26 Å². The van der Waals surface area contributed by atoms with Crippen molar-refractivity contribution in [2.24, 2.45) is 11.3 Å². The summed E-state index contributed by atoms with van der Waals surface area (Å²) in [5.74, 6) is 0.554.